The van der Waals surface area contributed by atoms with E-state index in [2.05, 4.69) is 76.8 Å². The zero-order valence-corrected chi connectivity index (χ0v) is 20.6. The molecule has 1 fully saturated rings. The highest BCUT2D eigenvalue weighted by molar-refractivity contribution is 14.0. The van der Waals surface area contributed by atoms with Crippen molar-refractivity contribution in [3.63, 3.8) is 0 Å². The maximum absolute atomic E-state index is 5.32. The molecule has 0 amide bonds. The van der Waals surface area contributed by atoms with Crippen molar-refractivity contribution in [1.82, 2.24) is 25.7 Å². The number of hydrogen-bond donors (Lipinski definition) is 2. The fourth-order valence-corrected chi connectivity index (χ4v) is 3.57. The molecule has 7 nitrogen and oxygen atoms in total. The van der Waals surface area contributed by atoms with Gasteiger partial charge in [0.05, 0.1) is 12.6 Å². The van der Waals surface area contributed by atoms with Gasteiger partial charge in [0.1, 0.15) is 0 Å². The van der Waals surface area contributed by atoms with Crippen LogP contribution in [-0.4, -0.2) is 53.7 Å². The first kappa shape index (κ1) is 24.6. The van der Waals surface area contributed by atoms with Gasteiger partial charge in [-0.25, -0.2) is 0 Å². The van der Waals surface area contributed by atoms with Crippen LogP contribution in [0.25, 0.3) is 0 Å². The quantitative estimate of drug-likeness (QED) is 0.295. The second-order valence-electron chi connectivity index (χ2n) is 7.77. The lowest BCUT2D eigenvalue weighted by molar-refractivity contribution is 0.251. The second-order valence-corrected chi connectivity index (χ2v) is 7.77. The molecule has 8 heteroatoms. The maximum Gasteiger partial charge on any atom is 0.228 e. The van der Waals surface area contributed by atoms with Gasteiger partial charge in [0.15, 0.2) is 11.8 Å². The normalized spacial score (nSPS) is 15.8. The van der Waals surface area contributed by atoms with Crippen LogP contribution in [0, 0.1) is 0 Å². The monoisotopic (exact) mass is 526 g/mol. The van der Waals surface area contributed by atoms with Crippen LogP contribution >= 0.6 is 24.0 Å². The summed E-state index contributed by atoms with van der Waals surface area (Å²) in [5, 5.41) is 10.8. The molecule has 166 valence electrons. The molecule has 0 aliphatic carbocycles. The van der Waals surface area contributed by atoms with Gasteiger partial charge in [-0.3, -0.25) is 9.89 Å². The van der Waals surface area contributed by atoms with E-state index in [-0.39, 0.29) is 29.9 Å². The SMILES string of the molecule is CCNC(=NCC(c1ccccc1)N1CCCC1)NCCc1nc(C(C)C)no1.I. The van der Waals surface area contributed by atoms with Crippen LogP contribution in [0.1, 0.15) is 62.9 Å². The molecule has 2 heterocycles. The first-order valence-corrected chi connectivity index (χ1v) is 10.8. The van der Waals surface area contributed by atoms with E-state index < -0.39 is 0 Å². The average Bonchev–Trinajstić information content (AvgIpc) is 3.41. The zero-order valence-electron chi connectivity index (χ0n) is 18.3. The summed E-state index contributed by atoms with van der Waals surface area (Å²) >= 11 is 0. The van der Waals surface area contributed by atoms with Gasteiger partial charge in [0.2, 0.25) is 5.89 Å². The number of rotatable bonds is 9. The van der Waals surface area contributed by atoms with Crippen molar-refractivity contribution in [2.24, 2.45) is 4.99 Å². The smallest absolute Gasteiger partial charge is 0.228 e. The molecule has 1 saturated heterocycles. The molecule has 2 aromatic rings. The number of halogens is 1. The van der Waals surface area contributed by atoms with Gasteiger partial charge in [-0.1, -0.05) is 49.3 Å². The Bertz CT molecular complexity index is 758. The molecule has 0 spiro atoms. The first-order valence-electron chi connectivity index (χ1n) is 10.8. The lowest BCUT2D eigenvalue weighted by Crippen LogP contribution is -2.39. The van der Waals surface area contributed by atoms with Crippen LogP contribution in [-0.2, 0) is 6.42 Å². The van der Waals surface area contributed by atoms with Gasteiger partial charge in [-0.2, -0.15) is 4.98 Å². The number of nitrogens with one attached hydrogen (secondary N) is 2. The Kier molecular flexibility index (Phi) is 10.6. The summed E-state index contributed by atoms with van der Waals surface area (Å²) in [7, 11) is 0. The Hall–Kier alpha value is -1.68. The van der Waals surface area contributed by atoms with Gasteiger partial charge < -0.3 is 15.2 Å². The number of aliphatic imine (C=N–C) groups is 1. The van der Waals surface area contributed by atoms with Crippen molar-refractivity contribution in [2.45, 2.75) is 52.0 Å². The van der Waals surface area contributed by atoms with Crippen molar-refractivity contribution >= 4 is 29.9 Å². The Morgan fingerprint density at radius 1 is 1.17 bits per heavy atom. The van der Waals surface area contributed by atoms with E-state index in [0.717, 1.165) is 38.0 Å². The topological polar surface area (TPSA) is 78.6 Å². The van der Waals surface area contributed by atoms with Crippen molar-refractivity contribution in [3.8, 4) is 0 Å². The molecule has 0 saturated carbocycles. The van der Waals surface area contributed by atoms with Crippen LogP contribution in [0.2, 0.25) is 0 Å². The number of likely N-dealkylation sites (tertiary alicyclic amines) is 1. The van der Waals surface area contributed by atoms with E-state index >= 15 is 0 Å². The molecule has 1 unspecified atom stereocenters. The Balaban J connectivity index is 0.00000320. The van der Waals surface area contributed by atoms with Gasteiger partial charge >= 0.3 is 0 Å². The number of hydrogen-bond acceptors (Lipinski definition) is 5. The lowest BCUT2D eigenvalue weighted by Gasteiger charge is -2.27. The lowest BCUT2D eigenvalue weighted by atomic mass is 10.1. The third-order valence-corrected chi connectivity index (χ3v) is 5.16. The van der Waals surface area contributed by atoms with E-state index in [4.69, 9.17) is 9.52 Å². The third-order valence-electron chi connectivity index (χ3n) is 5.16. The summed E-state index contributed by atoms with van der Waals surface area (Å²) in [6, 6.07) is 11.0. The maximum atomic E-state index is 5.32. The van der Waals surface area contributed by atoms with Gasteiger partial charge in [0.25, 0.3) is 0 Å². The summed E-state index contributed by atoms with van der Waals surface area (Å²) in [6.07, 6.45) is 3.22. The Morgan fingerprint density at radius 3 is 2.53 bits per heavy atom. The highest BCUT2D eigenvalue weighted by Gasteiger charge is 2.23. The molecular formula is C22H35IN6O. The summed E-state index contributed by atoms with van der Waals surface area (Å²) in [5.74, 6) is 2.53. The van der Waals surface area contributed by atoms with E-state index in [1.807, 2.05) is 0 Å². The van der Waals surface area contributed by atoms with Crippen LogP contribution in [0.4, 0.5) is 0 Å². The summed E-state index contributed by atoms with van der Waals surface area (Å²) in [4.78, 5) is 11.9. The van der Waals surface area contributed by atoms with Gasteiger partial charge in [-0.15, -0.1) is 24.0 Å². The number of nitrogens with zero attached hydrogens (tertiary/aromatic N) is 4. The predicted octanol–water partition coefficient (Wildman–Crippen LogP) is 3.75. The Morgan fingerprint density at radius 2 is 1.90 bits per heavy atom. The molecule has 0 radical (unpaired) electrons. The van der Waals surface area contributed by atoms with E-state index in [0.29, 0.717) is 24.9 Å². The summed E-state index contributed by atoms with van der Waals surface area (Å²) in [5.41, 5.74) is 1.33. The minimum absolute atomic E-state index is 0. The number of guanidine groups is 1. The molecule has 3 rings (SSSR count). The standard InChI is InChI=1S/C22H34N6O.HI/c1-4-23-22(24-13-12-20-26-21(17(2)3)27-29-20)25-16-19(28-14-8-9-15-28)18-10-6-5-7-11-18;/h5-7,10-11,17,19H,4,8-9,12-16H2,1-3H3,(H2,23,24,25);1H. The molecule has 2 N–H and O–H groups in total. The van der Waals surface area contributed by atoms with E-state index in [1.165, 1.54) is 18.4 Å². The summed E-state index contributed by atoms with van der Waals surface area (Å²) in [6.45, 7) is 10.8. The molecule has 0 bridgehead atoms. The molecule has 1 atom stereocenters. The minimum Gasteiger partial charge on any atom is -0.357 e. The molecular weight excluding hydrogens is 491 g/mol. The second kappa shape index (κ2) is 12.9. The van der Waals surface area contributed by atoms with E-state index in [9.17, 15) is 0 Å². The fourth-order valence-electron chi connectivity index (χ4n) is 3.57. The highest BCUT2D eigenvalue weighted by atomic mass is 127. The zero-order chi connectivity index (χ0) is 20.5. The summed E-state index contributed by atoms with van der Waals surface area (Å²) < 4.78 is 5.32. The van der Waals surface area contributed by atoms with Crippen molar-refractivity contribution in [3.05, 3.63) is 47.6 Å². The number of aromatic nitrogens is 2. The van der Waals surface area contributed by atoms with Crippen LogP contribution in [0.5, 0.6) is 0 Å². The van der Waals surface area contributed by atoms with E-state index in [1.54, 1.807) is 0 Å². The van der Waals surface area contributed by atoms with Crippen LogP contribution < -0.4 is 10.6 Å². The Labute approximate surface area is 197 Å². The minimum atomic E-state index is 0. The molecule has 30 heavy (non-hydrogen) atoms. The van der Waals surface area contributed by atoms with Crippen LogP contribution in [0.15, 0.2) is 39.8 Å². The molecule has 1 aromatic heterocycles. The number of benzene rings is 1. The third kappa shape index (κ3) is 7.23. The fraction of sp³-hybridized carbons (Fsp3) is 0.591. The van der Waals surface area contributed by atoms with Gasteiger partial charge in [-0.05, 0) is 38.4 Å². The van der Waals surface area contributed by atoms with Crippen molar-refractivity contribution in [1.29, 1.82) is 0 Å². The van der Waals surface area contributed by atoms with Gasteiger partial charge in [0, 0.05) is 25.4 Å². The first-order chi connectivity index (χ1) is 14.2. The van der Waals surface area contributed by atoms with Crippen LogP contribution in [0.3, 0.4) is 0 Å². The average molecular weight is 526 g/mol. The van der Waals surface area contributed by atoms with Crippen molar-refractivity contribution in [2.75, 3.05) is 32.7 Å². The molecule has 1 aliphatic rings. The largest absolute Gasteiger partial charge is 0.357 e. The molecule has 1 aromatic carbocycles. The molecule has 1 aliphatic heterocycles. The highest BCUT2D eigenvalue weighted by Crippen LogP contribution is 2.25. The van der Waals surface area contributed by atoms with Crippen molar-refractivity contribution < 1.29 is 4.52 Å². The predicted molar refractivity (Wildman–Crippen MR) is 131 cm³/mol.